The molecule has 0 aliphatic rings. The summed E-state index contributed by atoms with van der Waals surface area (Å²) >= 11 is 0. The number of rotatable bonds is 5. The Morgan fingerprint density at radius 1 is 1.30 bits per heavy atom. The van der Waals surface area contributed by atoms with Crippen molar-refractivity contribution in [3.8, 4) is 0 Å². The molecule has 0 saturated heterocycles. The molecule has 0 spiro atoms. The van der Waals surface area contributed by atoms with Crippen LogP contribution in [0.2, 0.25) is 0 Å². The quantitative estimate of drug-likeness (QED) is 0.890. The van der Waals surface area contributed by atoms with E-state index in [2.05, 4.69) is 10.0 Å². The Kier molecular flexibility index (Phi) is 3.99. The van der Waals surface area contributed by atoms with Gasteiger partial charge in [-0.3, -0.25) is 4.72 Å². The smallest absolute Gasteiger partial charge is 0.229 e. The lowest BCUT2D eigenvalue weighted by Crippen LogP contribution is -2.12. The predicted molar refractivity (Wildman–Crippen MR) is 75.6 cm³/mol. The van der Waals surface area contributed by atoms with E-state index in [1.165, 1.54) is 18.2 Å². The van der Waals surface area contributed by atoms with Crippen molar-refractivity contribution in [3.05, 3.63) is 48.2 Å². The molecule has 1 aromatic carbocycles. The molecule has 0 aliphatic carbocycles. The number of hydrogen-bond donors (Lipinski definition) is 2. The highest BCUT2D eigenvalue weighted by Gasteiger charge is 2.11. The molecule has 0 radical (unpaired) electrons. The summed E-state index contributed by atoms with van der Waals surface area (Å²) in [6, 6.07) is 7.59. The Labute approximate surface area is 116 Å². The second kappa shape index (κ2) is 5.54. The molecule has 1 aromatic heterocycles. The van der Waals surface area contributed by atoms with Gasteiger partial charge < -0.3 is 9.73 Å². The van der Waals surface area contributed by atoms with Crippen molar-refractivity contribution in [2.24, 2.45) is 0 Å². The van der Waals surface area contributed by atoms with Crippen molar-refractivity contribution >= 4 is 21.4 Å². The Morgan fingerprint density at radius 3 is 2.65 bits per heavy atom. The molecule has 5 nitrogen and oxygen atoms in total. The molecule has 0 saturated carbocycles. The average molecular weight is 298 g/mol. The molecular formula is C13H15FN2O3S. The van der Waals surface area contributed by atoms with E-state index in [-0.39, 0.29) is 11.7 Å². The zero-order chi connectivity index (χ0) is 14.8. The third kappa shape index (κ3) is 3.74. The van der Waals surface area contributed by atoms with E-state index in [0.717, 1.165) is 12.0 Å². The standard InChI is InChI=1S/C13H15FN2O3S/c1-9(13-4-3-7-19-13)15-10-5-6-11(14)12(8-10)16-20(2,17)18/h3-9,15-16H,1-2H3. The largest absolute Gasteiger partial charge is 0.467 e. The second-order valence-electron chi connectivity index (χ2n) is 4.45. The van der Waals surface area contributed by atoms with Gasteiger partial charge >= 0.3 is 0 Å². The minimum Gasteiger partial charge on any atom is -0.467 e. The Balaban J connectivity index is 2.19. The van der Waals surface area contributed by atoms with E-state index >= 15 is 0 Å². The van der Waals surface area contributed by atoms with Gasteiger partial charge in [-0.2, -0.15) is 0 Å². The summed E-state index contributed by atoms with van der Waals surface area (Å²) in [4.78, 5) is 0. The van der Waals surface area contributed by atoms with Crippen molar-refractivity contribution in [3.63, 3.8) is 0 Å². The number of furan rings is 1. The van der Waals surface area contributed by atoms with Gasteiger partial charge in [0.1, 0.15) is 11.6 Å². The van der Waals surface area contributed by atoms with E-state index < -0.39 is 15.8 Å². The first kappa shape index (κ1) is 14.4. The van der Waals surface area contributed by atoms with Crippen LogP contribution in [0.15, 0.2) is 41.0 Å². The number of sulfonamides is 1. The molecule has 1 unspecified atom stereocenters. The second-order valence-corrected chi connectivity index (χ2v) is 6.20. The van der Waals surface area contributed by atoms with E-state index in [1.807, 2.05) is 13.0 Å². The van der Waals surface area contributed by atoms with Crippen molar-refractivity contribution in [1.82, 2.24) is 0 Å². The van der Waals surface area contributed by atoms with Crippen LogP contribution in [0.25, 0.3) is 0 Å². The predicted octanol–water partition coefficient (Wildman–Crippen LogP) is 2.96. The molecule has 0 amide bonds. The third-order valence-corrected chi connectivity index (χ3v) is 3.21. The van der Waals surface area contributed by atoms with Crippen molar-refractivity contribution in [1.29, 1.82) is 0 Å². The first-order chi connectivity index (χ1) is 9.35. The summed E-state index contributed by atoms with van der Waals surface area (Å²) in [6.45, 7) is 1.88. The first-order valence-corrected chi connectivity index (χ1v) is 7.81. The lowest BCUT2D eigenvalue weighted by Gasteiger charge is -2.14. The van der Waals surface area contributed by atoms with Gasteiger partial charge in [0.25, 0.3) is 0 Å². The summed E-state index contributed by atoms with van der Waals surface area (Å²) < 4.78 is 43.2. The minimum atomic E-state index is -3.52. The molecule has 0 aliphatic heterocycles. The maximum atomic E-state index is 13.5. The van der Waals surface area contributed by atoms with Gasteiger partial charge in [-0.15, -0.1) is 0 Å². The Morgan fingerprint density at radius 2 is 2.05 bits per heavy atom. The summed E-state index contributed by atoms with van der Waals surface area (Å²) in [5, 5.41) is 3.10. The Bertz CT molecular complexity index is 684. The minimum absolute atomic E-state index is 0.0934. The van der Waals surface area contributed by atoms with Crippen molar-refractivity contribution in [2.45, 2.75) is 13.0 Å². The lowest BCUT2D eigenvalue weighted by atomic mass is 10.2. The van der Waals surface area contributed by atoms with Crippen LogP contribution < -0.4 is 10.0 Å². The number of nitrogens with one attached hydrogen (secondary N) is 2. The highest BCUT2D eigenvalue weighted by atomic mass is 32.2. The van der Waals surface area contributed by atoms with Crippen LogP contribution in [-0.2, 0) is 10.0 Å². The van der Waals surface area contributed by atoms with Gasteiger partial charge in [-0.05, 0) is 37.3 Å². The molecule has 0 bridgehead atoms. The normalized spacial score (nSPS) is 12.9. The van der Waals surface area contributed by atoms with Crippen LogP contribution in [-0.4, -0.2) is 14.7 Å². The number of hydrogen-bond acceptors (Lipinski definition) is 4. The van der Waals surface area contributed by atoms with Crippen LogP contribution in [0.5, 0.6) is 0 Å². The van der Waals surface area contributed by atoms with Gasteiger partial charge in [0, 0.05) is 5.69 Å². The molecule has 7 heteroatoms. The molecule has 108 valence electrons. The van der Waals surface area contributed by atoms with Crippen LogP contribution in [0.4, 0.5) is 15.8 Å². The maximum absolute atomic E-state index is 13.5. The fourth-order valence-electron chi connectivity index (χ4n) is 1.75. The fourth-order valence-corrected chi connectivity index (χ4v) is 2.31. The first-order valence-electron chi connectivity index (χ1n) is 5.92. The third-order valence-electron chi connectivity index (χ3n) is 2.61. The van der Waals surface area contributed by atoms with Crippen LogP contribution in [0.1, 0.15) is 18.7 Å². The van der Waals surface area contributed by atoms with Crippen LogP contribution in [0, 0.1) is 5.82 Å². The molecular weight excluding hydrogens is 283 g/mol. The summed E-state index contributed by atoms with van der Waals surface area (Å²) in [6.07, 6.45) is 2.53. The zero-order valence-corrected chi connectivity index (χ0v) is 11.9. The van der Waals surface area contributed by atoms with Gasteiger partial charge in [0.05, 0.1) is 24.2 Å². The van der Waals surface area contributed by atoms with Gasteiger partial charge in [0.15, 0.2) is 0 Å². The molecule has 2 aromatic rings. The van der Waals surface area contributed by atoms with Crippen molar-refractivity contribution < 1.29 is 17.2 Å². The molecule has 1 heterocycles. The van der Waals surface area contributed by atoms with E-state index in [4.69, 9.17) is 4.42 Å². The summed E-state index contributed by atoms with van der Waals surface area (Å²) in [7, 11) is -3.52. The van der Waals surface area contributed by atoms with Crippen LogP contribution in [0.3, 0.4) is 0 Å². The van der Waals surface area contributed by atoms with Crippen molar-refractivity contribution in [2.75, 3.05) is 16.3 Å². The fraction of sp³-hybridized carbons (Fsp3) is 0.231. The van der Waals surface area contributed by atoms with Gasteiger partial charge in [0.2, 0.25) is 10.0 Å². The monoisotopic (exact) mass is 298 g/mol. The zero-order valence-electron chi connectivity index (χ0n) is 11.1. The van der Waals surface area contributed by atoms with E-state index in [9.17, 15) is 12.8 Å². The maximum Gasteiger partial charge on any atom is 0.229 e. The topological polar surface area (TPSA) is 71.3 Å². The molecule has 2 N–H and O–H groups in total. The van der Waals surface area contributed by atoms with Gasteiger partial charge in [-0.25, -0.2) is 12.8 Å². The van der Waals surface area contributed by atoms with Gasteiger partial charge in [-0.1, -0.05) is 0 Å². The molecule has 2 rings (SSSR count). The SMILES string of the molecule is CC(Nc1ccc(F)c(NS(C)(=O)=O)c1)c1ccco1. The summed E-state index contributed by atoms with van der Waals surface area (Å²) in [5.41, 5.74) is 0.491. The Hall–Kier alpha value is -2.02. The summed E-state index contributed by atoms with van der Waals surface area (Å²) in [5.74, 6) is 0.0959. The molecule has 0 fully saturated rings. The highest BCUT2D eigenvalue weighted by molar-refractivity contribution is 7.92. The van der Waals surface area contributed by atoms with E-state index in [0.29, 0.717) is 5.69 Å². The number of halogens is 1. The van der Waals surface area contributed by atoms with E-state index in [1.54, 1.807) is 12.3 Å². The number of anilines is 2. The number of benzene rings is 1. The molecule has 20 heavy (non-hydrogen) atoms. The van der Waals surface area contributed by atoms with Crippen LogP contribution >= 0.6 is 0 Å². The average Bonchev–Trinajstić information content (AvgIpc) is 2.85. The molecule has 1 atom stereocenters. The lowest BCUT2D eigenvalue weighted by molar-refractivity contribution is 0.490. The highest BCUT2D eigenvalue weighted by Crippen LogP contribution is 2.24.